The van der Waals surface area contributed by atoms with Crippen LogP contribution in [0.3, 0.4) is 0 Å². The maximum Gasteiger partial charge on any atom is 0.254 e. The number of nitrogens with two attached hydrogens (primary N) is 1. The molecule has 3 heterocycles. The molecule has 1 amide bonds. The first kappa shape index (κ1) is 28.8. The standard InChI is InChI=1S/C32H39N7OS/c1-21-18-22(2)30(36-26-11-13-39(20-23(26)3)27-9-6-5-8-25(27)19-33)24(4)29(21)32(40)38-16-14-37(15-17-38)31-28(41-34)10-7-12-35-31/h5-10,12,18,23,26,36H,11,13-17,20,34H2,1-4H3. The van der Waals surface area contributed by atoms with Crippen LogP contribution in [0, 0.1) is 38.0 Å². The summed E-state index contributed by atoms with van der Waals surface area (Å²) < 4.78 is 0. The lowest BCUT2D eigenvalue weighted by atomic mass is 9.90. The molecule has 0 spiro atoms. The second-order valence-corrected chi connectivity index (χ2v) is 11.9. The van der Waals surface area contributed by atoms with Gasteiger partial charge in [0.1, 0.15) is 11.9 Å². The third-order valence-electron chi connectivity index (χ3n) is 8.53. The Balaban J connectivity index is 1.29. The van der Waals surface area contributed by atoms with E-state index in [2.05, 4.69) is 53.0 Å². The van der Waals surface area contributed by atoms with Crippen molar-refractivity contribution in [1.29, 1.82) is 5.26 Å². The number of piperazine rings is 1. The van der Waals surface area contributed by atoms with Crippen LogP contribution < -0.4 is 20.3 Å². The molecule has 5 rings (SSSR count). The fourth-order valence-electron chi connectivity index (χ4n) is 6.34. The highest BCUT2D eigenvalue weighted by Gasteiger charge is 2.30. The Labute approximate surface area is 247 Å². The molecule has 2 fully saturated rings. The van der Waals surface area contributed by atoms with E-state index in [1.54, 1.807) is 6.20 Å². The van der Waals surface area contributed by atoms with Gasteiger partial charge in [-0.3, -0.25) is 9.93 Å². The molecule has 3 N–H and O–H groups in total. The van der Waals surface area contributed by atoms with Gasteiger partial charge in [-0.25, -0.2) is 4.98 Å². The van der Waals surface area contributed by atoms with Crippen molar-refractivity contribution < 1.29 is 4.79 Å². The summed E-state index contributed by atoms with van der Waals surface area (Å²) in [5.74, 6) is 1.34. The molecule has 1 aromatic heterocycles. The SMILES string of the molecule is Cc1cc(C)c(C(=O)N2CCN(c3ncccc3SN)CC2)c(C)c1NC1CCN(c2ccccc2C#N)CC1C. The van der Waals surface area contributed by atoms with Gasteiger partial charge in [-0.2, -0.15) is 5.26 Å². The molecule has 2 aromatic carbocycles. The molecule has 2 aliphatic rings. The average molecular weight is 570 g/mol. The average Bonchev–Trinajstić information content (AvgIpc) is 2.99. The van der Waals surface area contributed by atoms with Crippen LogP contribution in [0.2, 0.25) is 0 Å². The highest BCUT2D eigenvalue weighted by atomic mass is 32.2. The molecule has 3 aromatic rings. The molecule has 214 valence electrons. The van der Waals surface area contributed by atoms with E-state index in [1.807, 2.05) is 48.2 Å². The molecule has 8 nitrogen and oxygen atoms in total. The number of benzene rings is 2. The Hall–Kier alpha value is -3.74. The quantitative estimate of drug-likeness (QED) is 0.394. The lowest BCUT2D eigenvalue weighted by molar-refractivity contribution is 0.0745. The number of hydrogen-bond acceptors (Lipinski definition) is 8. The predicted octanol–water partition coefficient (Wildman–Crippen LogP) is 5.13. The number of nitrogens with zero attached hydrogens (tertiary/aromatic N) is 5. The minimum absolute atomic E-state index is 0.0909. The Morgan fingerprint density at radius 1 is 1.05 bits per heavy atom. The van der Waals surface area contributed by atoms with E-state index < -0.39 is 0 Å². The molecule has 0 radical (unpaired) electrons. The second kappa shape index (κ2) is 12.4. The zero-order chi connectivity index (χ0) is 29.1. The van der Waals surface area contributed by atoms with Gasteiger partial charge in [0.05, 0.1) is 16.1 Å². The number of hydrogen-bond donors (Lipinski definition) is 2. The van der Waals surface area contributed by atoms with Crippen LogP contribution in [0.4, 0.5) is 17.2 Å². The number of nitrogens with one attached hydrogen (secondary N) is 1. The van der Waals surface area contributed by atoms with Crippen LogP contribution >= 0.6 is 11.9 Å². The van der Waals surface area contributed by atoms with Gasteiger partial charge in [-0.1, -0.05) is 25.1 Å². The Morgan fingerprint density at radius 3 is 2.51 bits per heavy atom. The summed E-state index contributed by atoms with van der Waals surface area (Å²) in [5, 5.41) is 19.3. The van der Waals surface area contributed by atoms with Gasteiger partial charge in [0.2, 0.25) is 0 Å². The molecule has 2 saturated heterocycles. The van der Waals surface area contributed by atoms with Crippen LogP contribution in [-0.4, -0.2) is 61.1 Å². The van der Waals surface area contributed by atoms with Gasteiger partial charge < -0.3 is 20.0 Å². The summed E-state index contributed by atoms with van der Waals surface area (Å²) in [5.41, 5.74) is 6.80. The minimum atomic E-state index is 0.0909. The summed E-state index contributed by atoms with van der Waals surface area (Å²) in [6.45, 7) is 13.0. The van der Waals surface area contributed by atoms with Crippen molar-refractivity contribution in [3.8, 4) is 6.07 Å². The molecular formula is C32H39N7OS. The van der Waals surface area contributed by atoms with Crippen LogP contribution in [0.15, 0.2) is 53.6 Å². The van der Waals surface area contributed by atoms with E-state index in [-0.39, 0.29) is 11.9 Å². The number of carbonyl (C=O) groups is 1. The maximum absolute atomic E-state index is 13.9. The van der Waals surface area contributed by atoms with E-state index in [0.29, 0.717) is 19.0 Å². The van der Waals surface area contributed by atoms with Crippen LogP contribution in [0.1, 0.15) is 46.0 Å². The number of anilines is 3. The number of pyridine rings is 1. The van der Waals surface area contributed by atoms with Crippen molar-refractivity contribution in [2.45, 2.75) is 45.1 Å². The van der Waals surface area contributed by atoms with E-state index >= 15 is 0 Å². The number of rotatable bonds is 6. The Morgan fingerprint density at radius 2 is 1.80 bits per heavy atom. The number of para-hydroxylation sites is 1. The fourth-order valence-corrected chi connectivity index (χ4v) is 6.78. The zero-order valence-corrected chi connectivity index (χ0v) is 25.2. The van der Waals surface area contributed by atoms with Crippen molar-refractivity contribution in [1.82, 2.24) is 9.88 Å². The van der Waals surface area contributed by atoms with Crippen LogP contribution in [0.25, 0.3) is 0 Å². The number of amides is 1. The molecule has 0 saturated carbocycles. The summed E-state index contributed by atoms with van der Waals surface area (Å²) in [6.07, 6.45) is 2.74. The van der Waals surface area contributed by atoms with Crippen LogP contribution in [0.5, 0.6) is 0 Å². The number of carbonyl (C=O) groups excluding carboxylic acids is 1. The zero-order valence-electron chi connectivity index (χ0n) is 24.4. The number of aromatic nitrogens is 1. The van der Waals surface area contributed by atoms with Crippen molar-refractivity contribution >= 4 is 35.0 Å². The fraction of sp³-hybridized carbons (Fsp3) is 0.406. The third-order valence-corrected chi connectivity index (χ3v) is 9.10. The van der Waals surface area contributed by atoms with Gasteiger partial charge in [0, 0.05) is 62.8 Å². The summed E-state index contributed by atoms with van der Waals surface area (Å²) >= 11 is 1.21. The van der Waals surface area contributed by atoms with Crippen molar-refractivity contribution in [3.63, 3.8) is 0 Å². The maximum atomic E-state index is 13.9. The number of nitriles is 1. The molecule has 2 unspecified atom stereocenters. The second-order valence-electron chi connectivity index (χ2n) is 11.2. The summed E-state index contributed by atoms with van der Waals surface area (Å²) in [7, 11) is 0. The van der Waals surface area contributed by atoms with E-state index in [9.17, 15) is 10.1 Å². The topological polar surface area (TPSA) is 102 Å². The number of piperidine rings is 1. The normalized spacial score (nSPS) is 19.2. The van der Waals surface area contributed by atoms with Crippen molar-refractivity contribution in [3.05, 3.63) is 76.5 Å². The summed E-state index contributed by atoms with van der Waals surface area (Å²) in [6, 6.07) is 16.5. The molecule has 41 heavy (non-hydrogen) atoms. The molecule has 0 bridgehead atoms. The monoisotopic (exact) mass is 569 g/mol. The lowest BCUT2D eigenvalue weighted by Gasteiger charge is -2.40. The Kier molecular flexibility index (Phi) is 8.71. The largest absolute Gasteiger partial charge is 0.381 e. The van der Waals surface area contributed by atoms with Crippen molar-refractivity contribution in [2.75, 3.05) is 54.4 Å². The highest BCUT2D eigenvalue weighted by Crippen LogP contribution is 2.33. The van der Waals surface area contributed by atoms with Gasteiger partial charge >= 0.3 is 0 Å². The minimum Gasteiger partial charge on any atom is -0.381 e. The van der Waals surface area contributed by atoms with Crippen LogP contribution in [-0.2, 0) is 0 Å². The van der Waals surface area contributed by atoms with Gasteiger partial charge in [-0.15, -0.1) is 0 Å². The molecule has 2 aliphatic heterocycles. The smallest absolute Gasteiger partial charge is 0.254 e. The van der Waals surface area contributed by atoms with E-state index in [4.69, 9.17) is 5.14 Å². The highest BCUT2D eigenvalue weighted by molar-refractivity contribution is 7.97. The Bertz CT molecular complexity index is 1460. The first-order valence-electron chi connectivity index (χ1n) is 14.3. The van der Waals surface area contributed by atoms with E-state index in [1.165, 1.54) is 11.9 Å². The lowest BCUT2D eigenvalue weighted by Crippen LogP contribution is -2.49. The molecule has 9 heteroatoms. The molecular weight excluding hydrogens is 530 g/mol. The van der Waals surface area contributed by atoms with Gasteiger partial charge in [-0.05, 0) is 86.0 Å². The van der Waals surface area contributed by atoms with Gasteiger partial charge in [0.25, 0.3) is 5.91 Å². The number of aryl methyl sites for hydroxylation is 2. The third kappa shape index (κ3) is 5.85. The van der Waals surface area contributed by atoms with Gasteiger partial charge in [0.15, 0.2) is 0 Å². The first-order chi connectivity index (χ1) is 19.8. The van der Waals surface area contributed by atoms with E-state index in [0.717, 1.165) is 82.5 Å². The van der Waals surface area contributed by atoms with Crippen molar-refractivity contribution in [2.24, 2.45) is 11.1 Å². The molecule has 0 aliphatic carbocycles. The summed E-state index contributed by atoms with van der Waals surface area (Å²) in [4.78, 5) is 25.9. The molecule has 2 atom stereocenters. The first-order valence-corrected chi connectivity index (χ1v) is 15.2. The predicted molar refractivity (Wildman–Crippen MR) is 168 cm³/mol.